The molecule has 0 spiro atoms. The van der Waals surface area contributed by atoms with Crippen molar-refractivity contribution in [1.82, 2.24) is 15.1 Å². The molecule has 7 heteroatoms. The van der Waals surface area contributed by atoms with Crippen LogP contribution in [0.4, 0.5) is 4.39 Å². The molecule has 1 N–H and O–H groups in total. The van der Waals surface area contributed by atoms with E-state index >= 15 is 0 Å². The molecule has 2 aliphatic heterocycles. The van der Waals surface area contributed by atoms with Crippen molar-refractivity contribution in [1.29, 1.82) is 0 Å². The Labute approximate surface area is 153 Å². The molecule has 0 bridgehead atoms. The molecule has 0 saturated carbocycles. The van der Waals surface area contributed by atoms with E-state index in [9.17, 15) is 14.0 Å². The molecule has 2 saturated heterocycles. The Kier molecular flexibility index (Phi) is 6.57. The van der Waals surface area contributed by atoms with Gasteiger partial charge in [-0.1, -0.05) is 18.2 Å². The minimum atomic E-state index is -0.310. The number of carbonyl (C=O) groups excluding carboxylic acids is 2. The Hall–Kier alpha value is -1.99. The fraction of sp³-hybridized carbons (Fsp3) is 0.579. The summed E-state index contributed by atoms with van der Waals surface area (Å²) < 4.78 is 18.9. The number of nitrogens with one attached hydrogen (secondary N) is 1. The van der Waals surface area contributed by atoms with Crippen LogP contribution in [-0.4, -0.2) is 67.6 Å². The first-order chi connectivity index (χ1) is 12.6. The van der Waals surface area contributed by atoms with E-state index in [4.69, 9.17) is 4.74 Å². The largest absolute Gasteiger partial charge is 0.378 e. The fourth-order valence-electron chi connectivity index (χ4n) is 3.47. The van der Waals surface area contributed by atoms with Crippen molar-refractivity contribution in [2.24, 2.45) is 5.92 Å². The van der Waals surface area contributed by atoms with Crippen molar-refractivity contribution in [3.05, 3.63) is 35.6 Å². The van der Waals surface area contributed by atoms with Crippen LogP contribution in [0.3, 0.4) is 0 Å². The third-order valence-electron chi connectivity index (χ3n) is 5.06. The molecule has 3 rings (SSSR count). The van der Waals surface area contributed by atoms with Crippen molar-refractivity contribution < 1.29 is 18.7 Å². The lowest BCUT2D eigenvalue weighted by atomic mass is 9.95. The maximum Gasteiger partial charge on any atom is 0.234 e. The van der Waals surface area contributed by atoms with Gasteiger partial charge in [-0.05, 0) is 32.0 Å². The van der Waals surface area contributed by atoms with Gasteiger partial charge >= 0.3 is 0 Å². The van der Waals surface area contributed by atoms with Crippen molar-refractivity contribution >= 4 is 11.8 Å². The van der Waals surface area contributed by atoms with Crippen LogP contribution >= 0.6 is 0 Å². The van der Waals surface area contributed by atoms with Gasteiger partial charge in [0.1, 0.15) is 5.82 Å². The predicted octanol–water partition coefficient (Wildman–Crippen LogP) is 1.01. The summed E-state index contributed by atoms with van der Waals surface area (Å²) in [6.07, 6.45) is 1.55. The Balaban J connectivity index is 1.38. The molecule has 1 aromatic carbocycles. The smallest absolute Gasteiger partial charge is 0.234 e. The molecular weight excluding hydrogens is 337 g/mol. The standard InChI is InChI=1S/C19H26FN3O3/c20-17-4-2-1-3-16(17)13-21-18(24)14-22-7-5-15(6-8-22)19(25)23-9-11-26-12-10-23/h1-4,15H,5-14H2,(H,21,24). The summed E-state index contributed by atoms with van der Waals surface area (Å²) in [4.78, 5) is 28.6. The maximum atomic E-state index is 13.6. The van der Waals surface area contributed by atoms with Crippen LogP contribution in [-0.2, 0) is 20.9 Å². The van der Waals surface area contributed by atoms with Gasteiger partial charge in [-0.25, -0.2) is 4.39 Å². The highest BCUT2D eigenvalue weighted by atomic mass is 19.1. The number of piperidine rings is 1. The summed E-state index contributed by atoms with van der Waals surface area (Å²) in [5, 5.41) is 2.76. The van der Waals surface area contributed by atoms with Crippen LogP contribution < -0.4 is 5.32 Å². The summed E-state index contributed by atoms with van der Waals surface area (Å²) >= 11 is 0. The number of hydrogen-bond acceptors (Lipinski definition) is 4. The first-order valence-electron chi connectivity index (χ1n) is 9.22. The number of halogens is 1. The molecule has 0 atom stereocenters. The van der Waals surface area contributed by atoms with Gasteiger partial charge in [0.15, 0.2) is 0 Å². The number of nitrogens with zero attached hydrogens (tertiary/aromatic N) is 2. The number of carbonyl (C=O) groups is 2. The first kappa shape index (κ1) is 18.8. The summed E-state index contributed by atoms with van der Waals surface area (Å²) in [5.74, 6) is -0.163. The molecule has 142 valence electrons. The highest BCUT2D eigenvalue weighted by Crippen LogP contribution is 2.20. The number of amides is 2. The zero-order chi connectivity index (χ0) is 18.4. The molecule has 2 fully saturated rings. The zero-order valence-electron chi connectivity index (χ0n) is 15.0. The molecule has 0 aliphatic carbocycles. The lowest BCUT2D eigenvalue weighted by Crippen LogP contribution is -2.48. The molecule has 2 heterocycles. The van der Waals surface area contributed by atoms with Gasteiger partial charge < -0.3 is 15.0 Å². The number of benzene rings is 1. The minimum Gasteiger partial charge on any atom is -0.378 e. The van der Waals surface area contributed by atoms with Crippen molar-refractivity contribution in [3.63, 3.8) is 0 Å². The third-order valence-corrected chi connectivity index (χ3v) is 5.06. The normalized spacial score (nSPS) is 19.3. The zero-order valence-corrected chi connectivity index (χ0v) is 15.0. The van der Waals surface area contributed by atoms with Crippen LogP contribution in [0.25, 0.3) is 0 Å². The van der Waals surface area contributed by atoms with Crippen LogP contribution in [0.2, 0.25) is 0 Å². The van der Waals surface area contributed by atoms with Gasteiger partial charge in [0, 0.05) is 31.1 Å². The Morgan fingerprint density at radius 1 is 1.12 bits per heavy atom. The molecule has 26 heavy (non-hydrogen) atoms. The highest BCUT2D eigenvalue weighted by Gasteiger charge is 2.29. The van der Waals surface area contributed by atoms with Crippen molar-refractivity contribution in [3.8, 4) is 0 Å². The van der Waals surface area contributed by atoms with Crippen LogP contribution in [0.1, 0.15) is 18.4 Å². The topological polar surface area (TPSA) is 61.9 Å². The molecule has 1 aromatic rings. The van der Waals surface area contributed by atoms with Crippen molar-refractivity contribution in [2.75, 3.05) is 45.9 Å². The quantitative estimate of drug-likeness (QED) is 0.848. The molecular formula is C19H26FN3O3. The second-order valence-electron chi connectivity index (χ2n) is 6.86. The lowest BCUT2D eigenvalue weighted by Gasteiger charge is -2.35. The van der Waals surface area contributed by atoms with Crippen LogP contribution in [0.5, 0.6) is 0 Å². The Bertz CT molecular complexity index is 626. The van der Waals surface area contributed by atoms with Gasteiger partial charge in [0.05, 0.1) is 19.8 Å². The molecule has 0 radical (unpaired) electrons. The summed E-state index contributed by atoms with van der Waals surface area (Å²) in [5.41, 5.74) is 0.482. The van der Waals surface area contributed by atoms with E-state index in [0.717, 1.165) is 25.9 Å². The number of ether oxygens (including phenoxy) is 1. The average molecular weight is 363 g/mol. The third kappa shape index (κ3) is 5.02. The van der Waals surface area contributed by atoms with E-state index in [1.165, 1.54) is 6.07 Å². The monoisotopic (exact) mass is 363 g/mol. The van der Waals surface area contributed by atoms with E-state index in [0.29, 0.717) is 31.9 Å². The first-order valence-corrected chi connectivity index (χ1v) is 9.22. The number of rotatable bonds is 5. The Morgan fingerprint density at radius 2 is 1.81 bits per heavy atom. The molecule has 2 aliphatic rings. The molecule has 2 amide bonds. The van der Waals surface area contributed by atoms with Gasteiger partial charge in [-0.15, -0.1) is 0 Å². The van der Waals surface area contributed by atoms with E-state index in [1.54, 1.807) is 18.2 Å². The average Bonchev–Trinajstić information content (AvgIpc) is 2.68. The predicted molar refractivity (Wildman–Crippen MR) is 94.8 cm³/mol. The van der Waals surface area contributed by atoms with E-state index in [2.05, 4.69) is 10.2 Å². The second kappa shape index (κ2) is 9.09. The maximum absolute atomic E-state index is 13.6. The number of morpholine rings is 1. The van der Waals surface area contributed by atoms with Gasteiger partial charge in [-0.2, -0.15) is 0 Å². The summed E-state index contributed by atoms with van der Waals surface area (Å²) in [6, 6.07) is 6.43. The van der Waals surface area contributed by atoms with Gasteiger partial charge in [-0.3, -0.25) is 14.5 Å². The fourth-order valence-corrected chi connectivity index (χ4v) is 3.47. The minimum absolute atomic E-state index is 0.0471. The highest BCUT2D eigenvalue weighted by molar-refractivity contribution is 5.79. The Morgan fingerprint density at radius 3 is 2.50 bits per heavy atom. The lowest BCUT2D eigenvalue weighted by molar-refractivity contribution is -0.141. The van der Waals surface area contributed by atoms with Gasteiger partial charge in [0.25, 0.3) is 0 Å². The van der Waals surface area contributed by atoms with Crippen LogP contribution in [0.15, 0.2) is 24.3 Å². The van der Waals surface area contributed by atoms with E-state index in [1.807, 2.05) is 4.90 Å². The summed E-state index contributed by atoms with van der Waals surface area (Å²) in [7, 11) is 0. The number of hydrogen-bond donors (Lipinski definition) is 1. The molecule has 6 nitrogen and oxygen atoms in total. The van der Waals surface area contributed by atoms with Crippen molar-refractivity contribution in [2.45, 2.75) is 19.4 Å². The SMILES string of the molecule is O=C(CN1CCC(C(=O)N2CCOCC2)CC1)NCc1ccccc1F. The van der Waals surface area contributed by atoms with Gasteiger partial charge in [0.2, 0.25) is 11.8 Å². The summed E-state index contributed by atoms with van der Waals surface area (Å²) in [6.45, 7) is 4.53. The van der Waals surface area contributed by atoms with Crippen LogP contribution in [0, 0.1) is 11.7 Å². The number of likely N-dealkylation sites (tertiary alicyclic amines) is 1. The molecule has 0 unspecified atom stereocenters. The second-order valence-corrected chi connectivity index (χ2v) is 6.86. The molecule has 0 aromatic heterocycles. The van der Waals surface area contributed by atoms with E-state index < -0.39 is 0 Å². The van der Waals surface area contributed by atoms with E-state index in [-0.39, 0.29) is 36.6 Å².